The number of hydrogen-bond acceptors (Lipinski definition) is 1. The molecule has 0 amide bonds. The summed E-state index contributed by atoms with van der Waals surface area (Å²) in [6, 6.07) is 0. The summed E-state index contributed by atoms with van der Waals surface area (Å²) < 4.78 is 0. The van der Waals surface area contributed by atoms with Crippen LogP contribution in [0.5, 0.6) is 0 Å². The smallest absolute Gasteiger partial charge is 0.138 e. The van der Waals surface area contributed by atoms with Crippen molar-refractivity contribution in [2.24, 2.45) is 28.1 Å². The first-order valence-corrected chi connectivity index (χ1v) is 8.61. The molecule has 2 saturated carbocycles. The summed E-state index contributed by atoms with van der Waals surface area (Å²) in [7, 11) is 0. The minimum atomic E-state index is -0.127. The molecule has 0 aromatic rings. The summed E-state index contributed by atoms with van der Waals surface area (Å²) in [6.07, 6.45) is 11.4. The van der Waals surface area contributed by atoms with E-state index >= 15 is 0 Å². The normalized spacial score (nSPS) is 45.3. The molecule has 0 saturated heterocycles. The molecule has 3 aliphatic rings. The third-order valence-electron chi connectivity index (χ3n) is 7.20. The average Bonchev–Trinajstić information content (AvgIpc) is 2.43. The quantitative estimate of drug-likeness (QED) is 0.596. The van der Waals surface area contributed by atoms with Gasteiger partial charge in [0.15, 0.2) is 0 Å². The molecule has 4 atom stereocenters. The predicted octanol–water partition coefficient (Wildman–Crippen LogP) is 5.32. The van der Waals surface area contributed by atoms with Crippen LogP contribution >= 0.6 is 0 Å². The van der Waals surface area contributed by atoms with E-state index in [2.05, 4.69) is 46.4 Å². The maximum Gasteiger partial charge on any atom is 0.138 e. The van der Waals surface area contributed by atoms with E-state index in [1.54, 1.807) is 5.57 Å². The van der Waals surface area contributed by atoms with E-state index in [-0.39, 0.29) is 10.8 Å². The Hall–Kier alpha value is -0.850. The molecule has 21 heavy (non-hydrogen) atoms. The molecule has 0 bridgehead atoms. The highest BCUT2D eigenvalue weighted by molar-refractivity contribution is 5.85. The van der Waals surface area contributed by atoms with Gasteiger partial charge in [0.1, 0.15) is 5.78 Å². The summed E-state index contributed by atoms with van der Waals surface area (Å²) >= 11 is 0. The Morgan fingerprint density at radius 3 is 2.52 bits per heavy atom. The van der Waals surface area contributed by atoms with Gasteiger partial charge in [0.25, 0.3) is 0 Å². The molecule has 0 heterocycles. The maximum absolute atomic E-state index is 12.4. The molecule has 0 unspecified atom stereocenters. The van der Waals surface area contributed by atoms with Gasteiger partial charge in [-0.05, 0) is 49.4 Å². The number of ketones is 1. The zero-order chi connectivity index (χ0) is 15.5. The number of hydrogen-bond donors (Lipinski definition) is 0. The van der Waals surface area contributed by atoms with E-state index < -0.39 is 0 Å². The SMILES string of the molecule is C=C[C@]1(C)C=C2CC[C@@H]3C(C)(C)C(=O)CC[C@@]3(C)[C@@H]2CC1. The molecular weight excluding hydrogens is 256 g/mol. The van der Waals surface area contributed by atoms with Gasteiger partial charge in [-0.1, -0.05) is 45.4 Å². The van der Waals surface area contributed by atoms with Gasteiger partial charge in [-0.25, -0.2) is 0 Å². The average molecular weight is 286 g/mol. The molecule has 0 aromatic carbocycles. The second-order valence-electron chi connectivity index (χ2n) is 8.76. The monoisotopic (exact) mass is 286 g/mol. The number of rotatable bonds is 1. The third-order valence-corrected chi connectivity index (χ3v) is 7.20. The minimum absolute atomic E-state index is 0.127. The van der Waals surface area contributed by atoms with Gasteiger partial charge in [-0.2, -0.15) is 0 Å². The van der Waals surface area contributed by atoms with Crippen molar-refractivity contribution in [3.8, 4) is 0 Å². The highest BCUT2D eigenvalue weighted by Crippen LogP contribution is 2.62. The first kappa shape index (κ1) is 15.1. The standard InChI is InChI=1S/C20H30O/c1-6-19(4)11-9-15-14(13-19)7-8-16-18(2,3)17(21)10-12-20(15,16)5/h6,13,15-16H,1,7-12H2,2-5H3/t15-,16-,19+,20+/m1/s1. The van der Waals surface area contributed by atoms with E-state index in [1.165, 1.54) is 25.7 Å². The van der Waals surface area contributed by atoms with Gasteiger partial charge >= 0.3 is 0 Å². The van der Waals surface area contributed by atoms with Crippen molar-refractivity contribution in [1.82, 2.24) is 0 Å². The van der Waals surface area contributed by atoms with Crippen molar-refractivity contribution in [2.45, 2.75) is 66.2 Å². The summed E-state index contributed by atoms with van der Waals surface area (Å²) in [4.78, 5) is 12.4. The summed E-state index contributed by atoms with van der Waals surface area (Å²) in [6.45, 7) is 13.2. The van der Waals surface area contributed by atoms with Crippen molar-refractivity contribution in [2.75, 3.05) is 0 Å². The predicted molar refractivity (Wildman–Crippen MR) is 88.0 cm³/mol. The Morgan fingerprint density at radius 2 is 1.86 bits per heavy atom. The second kappa shape index (κ2) is 4.57. The zero-order valence-electron chi connectivity index (χ0n) is 14.2. The largest absolute Gasteiger partial charge is 0.299 e. The highest BCUT2D eigenvalue weighted by atomic mass is 16.1. The molecule has 0 aliphatic heterocycles. The molecule has 1 nitrogen and oxygen atoms in total. The molecule has 0 N–H and O–H groups in total. The van der Waals surface area contributed by atoms with Crippen LogP contribution in [0.4, 0.5) is 0 Å². The number of allylic oxidation sites excluding steroid dienone is 3. The number of fused-ring (bicyclic) bond motifs is 3. The molecule has 0 aromatic heterocycles. The van der Waals surface area contributed by atoms with E-state index in [0.717, 1.165) is 12.8 Å². The Bertz CT molecular complexity index is 512. The molecule has 0 spiro atoms. The lowest BCUT2D eigenvalue weighted by Gasteiger charge is -2.58. The van der Waals surface area contributed by atoms with Gasteiger partial charge in [-0.3, -0.25) is 4.79 Å². The summed E-state index contributed by atoms with van der Waals surface area (Å²) in [5.41, 5.74) is 2.05. The van der Waals surface area contributed by atoms with Crippen LogP contribution in [0.2, 0.25) is 0 Å². The molecule has 3 rings (SSSR count). The molecule has 116 valence electrons. The van der Waals surface area contributed by atoms with Crippen LogP contribution in [0.3, 0.4) is 0 Å². The van der Waals surface area contributed by atoms with Crippen LogP contribution in [0.25, 0.3) is 0 Å². The lowest BCUT2D eigenvalue weighted by molar-refractivity contribution is -0.145. The Balaban J connectivity index is 1.99. The van der Waals surface area contributed by atoms with Gasteiger partial charge in [0.05, 0.1) is 0 Å². The fourth-order valence-corrected chi connectivity index (χ4v) is 5.71. The van der Waals surface area contributed by atoms with Gasteiger partial charge in [0, 0.05) is 17.3 Å². The lowest BCUT2D eigenvalue weighted by Crippen LogP contribution is -2.54. The van der Waals surface area contributed by atoms with Crippen molar-refractivity contribution >= 4 is 5.78 Å². The fourth-order valence-electron chi connectivity index (χ4n) is 5.71. The van der Waals surface area contributed by atoms with Gasteiger partial charge in [0.2, 0.25) is 0 Å². The van der Waals surface area contributed by atoms with Crippen LogP contribution in [-0.4, -0.2) is 5.78 Å². The Kier molecular flexibility index (Phi) is 3.28. The summed E-state index contributed by atoms with van der Waals surface area (Å²) in [5.74, 6) is 1.74. The molecule has 2 fully saturated rings. The molecular formula is C20H30O. The van der Waals surface area contributed by atoms with E-state index in [0.29, 0.717) is 23.0 Å². The van der Waals surface area contributed by atoms with Crippen molar-refractivity contribution in [3.63, 3.8) is 0 Å². The van der Waals surface area contributed by atoms with Gasteiger partial charge in [-0.15, -0.1) is 6.58 Å². The fraction of sp³-hybridized carbons (Fsp3) is 0.750. The number of Topliss-reactive ketones (excluding diaryl/α,β-unsaturated/α-hetero) is 1. The van der Waals surface area contributed by atoms with Gasteiger partial charge < -0.3 is 0 Å². The second-order valence-corrected chi connectivity index (χ2v) is 8.76. The van der Waals surface area contributed by atoms with Crippen LogP contribution in [-0.2, 0) is 4.79 Å². The van der Waals surface area contributed by atoms with E-state index in [4.69, 9.17) is 0 Å². The lowest BCUT2D eigenvalue weighted by atomic mass is 9.45. The first-order chi connectivity index (χ1) is 9.73. The topological polar surface area (TPSA) is 17.1 Å². The highest BCUT2D eigenvalue weighted by Gasteiger charge is 2.56. The van der Waals surface area contributed by atoms with E-state index in [1.807, 2.05) is 0 Å². The van der Waals surface area contributed by atoms with Crippen molar-refractivity contribution in [3.05, 3.63) is 24.3 Å². The maximum atomic E-state index is 12.4. The van der Waals surface area contributed by atoms with Crippen LogP contribution in [0, 0.1) is 28.1 Å². The third kappa shape index (κ3) is 2.07. The van der Waals surface area contributed by atoms with E-state index in [9.17, 15) is 4.79 Å². The first-order valence-electron chi connectivity index (χ1n) is 8.61. The minimum Gasteiger partial charge on any atom is -0.299 e. The van der Waals surface area contributed by atoms with Crippen LogP contribution in [0.1, 0.15) is 66.2 Å². The van der Waals surface area contributed by atoms with Crippen LogP contribution in [0.15, 0.2) is 24.3 Å². The Labute approximate surface area is 129 Å². The summed E-state index contributed by atoms with van der Waals surface area (Å²) in [5, 5.41) is 0. The molecule has 1 heteroatoms. The number of carbonyl (C=O) groups excluding carboxylic acids is 1. The molecule has 3 aliphatic carbocycles. The Morgan fingerprint density at radius 1 is 1.14 bits per heavy atom. The van der Waals surface area contributed by atoms with Crippen molar-refractivity contribution < 1.29 is 4.79 Å². The molecule has 0 radical (unpaired) electrons. The van der Waals surface area contributed by atoms with Crippen molar-refractivity contribution in [1.29, 1.82) is 0 Å². The zero-order valence-corrected chi connectivity index (χ0v) is 14.2. The number of carbonyl (C=O) groups is 1. The van der Waals surface area contributed by atoms with Crippen LogP contribution < -0.4 is 0 Å².